The molecule has 0 spiro atoms. The Morgan fingerprint density at radius 3 is 2.63 bits per heavy atom. The number of thioether (sulfide) groups is 1. The van der Waals surface area contributed by atoms with Crippen LogP contribution in [0.25, 0.3) is 0 Å². The molecule has 1 amide bonds. The Morgan fingerprint density at radius 2 is 1.81 bits per heavy atom. The lowest BCUT2D eigenvalue weighted by atomic mass is 10.2. The fourth-order valence-corrected chi connectivity index (χ4v) is 3.28. The van der Waals surface area contributed by atoms with Crippen molar-refractivity contribution in [2.24, 2.45) is 0 Å². The van der Waals surface area contributed by atoms with Crippen LogP contribution in [0.4, 0.5) is 0 Å². The van der Waals surface area contributed by atoms with Gasteiger partial charge in [-0.1, -0.05) is 30.3 Å². The van der Waals surface area contributed by atoms with E-state index >= 15 is 0 Å². The topological polar surface area (TPSA) is 73.9 Å². The van der Waals surface area contributed by atoms with Gasteiger partial charge in [-0.05, 0) is 23.8 Å². The SMILES string of the molecule is O=C(COC(=O)c1ccc2c(c1)OCCO2)NCCSCc1ccccc1. The first-order valence-electron chi connectivity index (χ1n) is 8.67. The average molecular weight is 387 g/mol. The molecular formula is C20H21NO5S. The van der Waals surface area contributed by atoms with Gasteiger partial charge >= 0.3 is 5.97 Å². The van der Waals surface area contributed by atoms with Gasteiger partial charge in [0.05, 0.1) is 5.56 Å². The number of hydrogen-bond acceptors (Lipinski definition) is 6. The number of carbonyl (C=O) groups excluding carboxylic acids is 2. The van der Waals surface area contributed by atoms with E-state index in [-0.39, 0.29) is 12.5 Å². The number of esters is 1. The Bertz CT molecular complexity index is 781. The van der Waals surface area contributed by atoms with Gasteiger partial charge in [-0.3, -0.25) is 4.79 Å². The molecule has 2 aromatic rings. The van der Waals surface area contributed by atoms with Gasteiger partial charge in [0.2, 0.25) is 0 Å². The van der Waals surface area contributed by atoms with E-state index in [0.717, 1.165) is 11.5 Å². The van der Waals surface area contributed by atoms with Crippen molar-refractivity contribution < 1.29 is 23.8 Å². The lowest BCUT2D eigenvalue weighted by molar-refractivity contribution is -0.124. The third-order valence-corrected chi connectivity index (χ3v) is 4.82. The number of nitrogens with one attached hydrogen (secondary N) is 1. The summed E-state index contributed by atoms with van der Waals surface area (Å²) in [5, 5.41) is 2.74. The van der Waals surface area contributed by atoms with E-state index < -0.39 is 5.97 Å². The molecule has 0 bridgehead atoms. The third kappa shape index (κ3) is 5.92. The van der Waals surface area contributed by atoms with Crippen LogP contribution in [0.5, 0.6) is 11.5 Å². The molecular weight excluding hydrogens is 366 g/mol. The minimum absolute atomic E-state index is 0.309. The molecule has 3 rings (SSSR count). The van der Waals surface area contributed by atoms with E-state index in [1.165, 1.54) is 5.56 Å². The first-order chi connectivity index (χ1) is 13.2. The highest BCUT2D eigenvalue weighted by molar-refractivity contribution is 7.98. The molecule has 0 fully saturated rings. The van der Waals surface area contributed by atoms with Crippen molar-refractivity contribution >= 4 is 23.6 Å². The van der Waals surface area contributed by atoms with Gasteiger partial charge in [-0.25, -0.2) is 4.79 Å². The van der Waals surface area contributed by atoms with Gasteiger partial charge in [-0.2, -0.15) is 11.8 Å². The highest BCUT2D eigenvalue weighted by atomic mass is 32.2. The second-order valence-electron chi connectivity index (χ2n) is 5.82. The summed E-state index contributed by atoms with van der Waals surface area (Å²) in [6.07, 6.45) is 0. The van der Waals surface area contributed by atoms with Crippen LogP contribution in [0.2, 0.25) is 0 Å². The summed E-state index contributed by atoms with van der Waals surface area (Å²) in [5.74, 6) is 1.91. The van der Waals surface area contributed by atoms with Crippen LogP contribution < -0.4 is 14.8 Å². The standard InChI is InChI=1S/C20H21NO5S/c22-19(21-8-11-27-14-15-4-2-1-3-5-15)13-26-20(23)16-6-7-17-18(12-16)25-10-9-24-17/h1-7,12H,8-11,13-14H2,(H,21,22). The highest BCUT2D eigenvalue weighted by Crippen LogP contribution is 2.30. The van der Waals surface area contributed by atoms with Crippen molar-refractivity contribution in [3.8, 4) is 11.5 Å². The molecule has 1 heterocycles. The summed E-state index contributed by atoms with van der Waals surface area (Å²) in [5.41, 5.74) is 1.58. The van der Waals surface area contributed by atoms with Crippen LogP contribution >= 0.6 is 11.8 Å². The Kier molecular flexibility index (Phi) is 6.98. The van der Waals surface area contributed by atoms with Gasteiger partial charge in [0, 0.05) is 18.1 Å². The number of ether oxygens (including phenoxy) is 3. The van der Waals surface area contributed by atoms with Gasteiger partial charge in [0.1, 0.15) is 13.2 Å². The normalized spacial score (nSPS) is 12.3. The van der Waals surface area contributed by atoms with Crippen LogP contribution in [-0.2, 0) is 15.3 Å². The van der Waals surface area contributed by atoms with Crippen molar-refractivity contribution in [2.75, 3.05) is 32.1 Å². The van der Waals surface area contributed by atoms with Crippen molar-refractivity contribution in [1.82, 2.24) is 5.32 Å². The molecule has 0 aliphatic carbocycles. The monoisotopic (exact) mass is 387 g/mol. The predicted octanol–water partition coefficient (Wildman–Crippen LogP) is 2.66. The van der Waals surface area contributed by atoms with E-state index in [1.807, 2.05) is 18.2 Å². The quantitative estimate of drug-likeness (QED) is 0.555. The Morgan fingerprint density at radius 1 is 1.04 bits per heavy atom. The largest absolute Gasteiger partial charge is 0.486 e. The summed E-state index contributed by atoms with van der Waals surface area (Å²) < 4.78 is 15.9. The molecule has 7 heteroatoms. The molecule has 1 N–H and O–H groups in total. The molecule has 0 saturated heterocycles. The lowest BCUT2D eigenvalue weighted by Crippen LogP contribution is -2.30. The van der Waals surface area contributed by atoms with Crippen molar-refractivity contribution in [1.29, 1.82) is 0 Å². The summed E-state index contributed by atoms with van der Waals surface area (Å²) in [6, 6.07) is 15.0. The van der Waals surface area contributed by atoms with Crippen LogP contribution in [-0.4, -0.2) is 44.0 Å². The fraction of sp³-hybridized carbons (Fsp3) is 0.300. The van der Waals surface area contributed by atoms with Gasteiger partial charge in [0.25, 0.3) is 5.91 Å². The zero-order chi connectivity index (χ0) is 18.9. The van der Waals surface area contributed by atoms with E-state index in [2.05, 4.69) is 17.4 Å². The number of amides is 1. The summed E-state index contributed by atoms with van der Waals surface area (Å²) in [7, 11) is 0. The van der Waals surface area contributed by atoms with Gasteiger partial charge in [-0.15, -0.1) is 0 Å². The first-order valence-corrected chi connectivity index (χ1v) is 9.83. The van der Waals surface area contributed by atoms with Crippen LogP contribution in [0, 0.1) is 0 Å². The zero-order valence-electron chi connectivity index (χ0n) is 14.8. The zero-order valence-corrected chi connectivity index (χ0v) is 15.6. The van der Waals surface area contributed by atoms with E-state index in [1.54, 1.807) is 30.0 Å². The van der Waals surface area contributed by atoms with Crippen LogP contribution in [0.15, 0.2) is 48.5 Å². The number of fused-ring (bicyclic) bond motifs is 1. The van der Waals surface area contributed by atoms with Crippen LogP contribution in [0.3, 0.4) is 0 Å². The maximum absolute atomic E-state index is 12.1. The van der Waals surface area contributed by atoms with E-state index in [4.69, 9.17) is 14.2 Å². The molecule has 0 saturated carbocycles. The van der Waals surface area contributed by atoms with Crippen LogP contribution in [0.1, 0.15) is 15.9 Å². The van der Waals surface area contributed by atoms with Gasteiger partial charge < -0.3 is 19.5 Å². The minimum atomic E-state index is -0.569. The maximum Gasteiger partial charge on any atom is 0.338 e. The smallest absolute Gasteiger partial charge is 0.338 e. The summed E-state index contributed by atoms with van der Waals surface area (Å²) in [4.78, 5) is 23.9. The fourth-order valence-electron chi connectivity index (χ4n) is 2.46. The number of benzene rings is 2. The highest BCUT2D eigenvalue weighted by Gasteiger charge is 2.16. The van der Waals surface area contributed by atoms with Crippen molar-refractivity contribution in [3.05, 3.63) is 59.7 Å². The molecule has 0 unspecified atom stereocenters. The maximum atomic E-state index is 12.1. The Balaban J connectivity index is 1.33. The molecule has 142 valence electrons. The second kappa shape index (κ2) is 9.87. The minimum Gasteiger partial charge on any atom is -0.486 e. The second-order valence-corrected chi connectivity index (χ2v) is 6.93. The molecule has 1 aliphatic rings. The Labute approximate surface area is 162 Å². The lowest BCUT2D eigenvalue weighted by Gasteiger charge is -2.18. The molecule has 0 radical (unpaired) electrons. The van der Waals surface area contributed by atoms with E-state index in [0.29, 0.717) is 36.8 Å². The molecule has 0 atom stereocenters. The number of rotatable bonds is 8. The average Bonchev–Trinajstić information content (AvgIpc) is 2.72. The summed E-state index contributed by atoms with van der Waals surface area (Å²) >= 11 is 1.73. The third-order valence-electron chi connectivity index (χ3n) is 3.79. The predicted molar refractivity (Wildman–Crippen MR) is 103 cm³/mol. The molecule has 0 aromatic heterocycles. The molecule has 2 aromatic carbocycles. The van der Waals surface area contributed by atoms with Crippen molar-refractivity contribution in [2.45, 2.75) is 5.75 Å². The summed E-state index contributed by atoms with van der Waals surface area (Å²) in [6.45, 7) is 1.14. The first kappa shape index (κ1) is 19.1. The molecule has 6 nitrogen and oxygen atoms in total. The van der Waals surface area contributed by atoms with E-state index in [9.17, 15) is 9.59 Å². The van der Waals surface area contributed by atoms with Crippen molar-refractivity contribution in [3.63, 3.8) is 0 Å². The molecule has 27 heavy (non-hydrogen) atoms. The number of hydrogen-bond donors (Lipinski definition) is 1. The number of carbonyl (C=O) groups is 2. The molecule has 1 aliphatic heterocycles. The van der Waals surface area contributed by atoms with Gasteiger partial charge in [0.15, 0.2) is 18.1 Å². The Hall–Kier alpha value is -2.67.